The van der Waals surface area contributed by atoms with Gasteiger partial charge in [-0.05, 0) is 67.1 Å². The molecule has 5 rings (SSSR count). The highest BCUT2D eigenvalue weighted by molar-refractivity contribution is 6.19. The number of benzene rings is 3. The number of para-hydroxylation sites is 1. The van der Waals surface area contributed by atoms with E-state index in [1.165, 1.54) is 4.90 Å². The van der Waals surface area contributed by atoms with Crippen LogP contribution in [0.5, 0.6) is 11.5 Å². The number of halogens is 3. The number of hydrogen-bond acceptors (Lipinski definition) is 4. The highest BCUT2D eigenvalue weighted by atomic mass is 19.4. The minimum absolute atomic E-state index is 0.0299. The molecular weight excluding hydrogens is 475 g/mol. The fourth-order valence-corrected chi connectivity index (χ4v) is 4.43. The molecule has 1 N–H and O–H groups in total. The molecule has 0 saturated carbocycles. The van der Waals surface area contributed by atoms with Crippen LogP contribution < -0.4 is 15.0 Å². The lowest BCUT2D eigenvalue weighted by atomic mass is 10.0. The minimum atomic E-state index is -4.52. The van der Waals surface area contributed by atoms with Crippen LogP contribution in [0.15, 0.2) is 78.9 Å². The number of hydrogen-bond donors (Lipinski definition) is 1. The van der Waals surface area contributed by atoms with Gasteiger partial charge in [-0.25, -0.2) is 9.69 Å². The van der Waals surface area contributed by atoms with Gasteiger partial charge in [-0.3, -0.25) is 9.59 Å². The van der Waals surface area contributed by atoms with Crippen LogP contribution >= 0.6 is 0 Å². The fraction of sp³-hybridized carbons (Fsp3) is 0.192. The Bertz CT molecular complexity index is 1290. The van der Waals surface area contributed by atoms with Gasteiger partial charge in [0.05, 0.1) is 17.3 Å². The number of rotatable bonds is 4. The number of nitrogens with one attached hydrogen (secondary N) is 1. The largest absolute Gasteiger partial charge is 0.457 e. The Kier molecular flexibility index (Phi) is 5.87. The molecule has 184 valence electrons. The normalized spacial score (nSPS) is 19.6. The van der Waals surface area contributed by atoms with E-state index in [1.54, 1.807) is 36.4 Å². The number of carbonyl (C=O) groups is 3. The van der Waals surface area contributed by atoms with Crippen molar-refractivity contribution in [3.63, 3.8) is 0 Å². The maximum atomic E-state index is 13.4. The first-order valence-electron chi connectivity index (χ1n) is 11.2. The predicted octanol–water partition coefficient (Wildman–Crippen LogP) is 4.84. The Hall–Kier alpha value is -4.34. The molecule has 3 aromatic rings. The van der Waals surface area contributed by atoms with Gasteiger partial charge >= 0.3 is 12.2 Å². The molecule has 2 atom stereocenters. The summed E-state index contributed by atoms with van der Waals surface area (Å²) in [5.74, 6) is -0.0264. The monoisotopic (exact) mass is 495 g/mol. The first-order chi connectivity index (χ1) is 17.2. The van der Waals surface area contributed by atoms with E-state index in [0.29, 0.717) is 23.6 Å². The van der Waals surface area contributed by atoms with E-state index in [2.05, 4.69) is 5.32 Å². The molecule has 2 heterocycles. The van der Waals surface area contributed by atoms with Crippen LogP contribution in [0, 0.1) is 0 Å². The maximum absolute atomic E-state index is 13.4. The summed E-state index contributed by atoms with van der Waals surface area (Å²) in [6.45, 7) is 0.179. The Labute approximate surface area is 204 Å². The second-order valence-corrected chi connectivity index (χ2v) is 8.45. The lowest BCUT2D eigenvalue weighted by Crippen LogP contribution is -2.65. The standard InChI is InChI=1S/C26H20F3N3O4/c27-26(28,29)17-8-6-16(7-9-17)23(33)31-15-14-21-22(31)24(34)32(25(35)30-21)18-10-12-20(13-11-18)36-19-4-2-1-3-5-19/h1-13,21-22H,14-15H2,(H,30,35). The van der Waals surface area contributed by atoms with Crippen molar-refractivity contribution in [2.45, 2.75) is 24.7 Å². The van der Waals surface area contributed by atoms with Crippen molar-refractivity contribution in [3.8, 4) is 11.5 Å². The van der Waals surface area contributed by atoms with E-state index in [-0.39, 0.29) is 12.1 Å². The zero-order valence-corrected chi connectivity index (χ0v) is 18.7. The molecule has 2 aliphatic heterocycles. The molecule has 0 aromatic heterocycles. The number of fused-ring (bicyclic) bond motifs is 1. The Balaban J connectivity index is 1.35. The summed E-state index contributed by atoms with van der Waals surface area (Å²) in [6, 6.07) is 17.1. The van der Waals surface area contributed by atoms with Crippen LogP contribution in [0.4, 0.5) is 23.7 Å². The molecular formula is C26H20F3N3O4. The van der Waals surface area contributed by atoms with E-state index >= 15 is 0 Å². The molecule has 10 heteroatoms. The Morgan fingerprint density at radius 1 is 0.889 bits per heavy atom. The lowest BCUT2D eigenvalue weighted by Gasteiger charge is -2.37. The van der Waals surface area contributed by atoms with Crippen LogP contribution in [-0.4, -0.2) is 41.4 Å². The number of likely N-dealkylation sites (tertiary alicyclic amines) is 1. The van der Waals surface area contributed by atoms with Gasteiger partial charge in [-0.2, -0.15) is 13.2 Å². The molecule has 3 aromatic carbocycles. The van der Waals surface area contributed by atoms with Gasteiger partial charge in [-0.1, -0.05) is 18.2 Å². The average Bonchev–Trinajstić information content (AvgIpc) is 3.29. The summed E-state index contributed by atoms with van der Waals surface area (Å²) in [5.41, 5.74) is -0.544. The van der Waals surface area contributed by atoms with Crippen molar-refractivity contribution >= 4 is 23.5 Å². The zero-order valence-electron chi connectivity index (χ0n) is 18.7. The SMILES string of the molecule is O=C1NC2CCN(C(=O)c3ccc(C(F)(F)F)cc3)C2C(=O)N1c1ccc(Oc2ccccc2)cc1. The number of amides is 4. The molecule has 36 heavy (non-hydrogen) atoms. The third kappa shape index (κ3) is 4.37. The van der Waals surface area contributed by atoms with E-state index in [4.69, 9.17) is 4.74 Å². The van der Waals surface area contributed by atoms with Gasteiger partial charge in [-0.15, -0.1) is 0 Å². The second-order valence-electron chi connectivity index (χ2n) is 8.45. The fourth-order valence-electron chi connectivity index (χ4n) is 4.43. The highest BCUT2D eigenvalue weighted by Gasteiger charge is 2.50. The number of nitrogens with zero attached hydrogens (tertiary/aromatic N) is 2. The van der Waals surface area contributed by atoms with Gasteiger partial charge in [0, 0.05) is 12.1 Å². The van der Waals surface area contributed by atoms with Crippen LogP contribution in [0.1, 0.15) is 22.3 Å². The summed E-state index contributed by atoms with van der Waals surface area (Å²) < 4.78 is 44.4. The summed E-state index contributed by atoms with van der Waals surface area (Å²) in [7, 11) is 0. The van der Waals surface area contributed by atoms with E-state index in [9.17, 15) is 27.6 Å². The second kappa shape index (κ2) is 9.03. The molecule has 0 bridgehead atoms. The molecule has 2 fully saturated rings. The third-order valence-corrected chi connectivity index (χ3v) is 6.18. The summed E-state index contributed by atoms with van der Waals surface area (Å²) in [4.78, 5) is 41.5. The number of carbonyl (C=O) groups excluding carboxylic acids is 3. The Morgan fingerprint density at radius 2 is 1.53 bits per heavy atom. The highest BCUT2D eigenvalue weighted by Crippen LogP contribution is 2.32. The van der Waals surface area contributed by atoms with Gasteiger partial charge in [0.15, 0.2) is 0 Å². The number of alkyl halides is 3. The number of imide groups is 1. The molecule has 0 aliphatic carbocycles. The first-order valence-corrected chi connectivity index (χ1v) is 11.2. The lowest BCUT2D eigenvalue weighted by molar-refractivity contribution is -0.137. The van der Waals surface area contributed by atoms with Crippen LogP contribution in [0.2, 0.25) is 0 Å². The van der Waals surface area contributed by atoms with Gasteiger partial charge < -0.3 is 15.0 Å². The third-order valence-electron chi connectivity index (χ3n) is 6.18. The predicted molar refractivity (Wildman–Crippen MR) is 124 cm³/mol. The van der Waals surface area contributed by atoms with Crippen molar-refractivity contribution in [1.29, 1.82) is 0 Å². The van der Waals surface area contributed by atoms with Crippen LogP contribution in [0.3, 0.4) is 0 Å². The van der Waals surface area contributed by atoms with Crippen LogP contribution in [0.25, 0.3) is 0 Å². The smallest absolute Gasteiger partial charge is 0.416 e. The maximum Gasteiger partial charge on any atom is 0.416 e. The van der Waals surface area contributed by atoms with Crippen molar-refractivity contribution in [2.24, 2.45) is 0 Å². The van der Waals surface area contributed by atoms with Gasteiger partial charge in [0.1, 0.15) is 17.5 Å². The van der Waals surface area contributed by atoms with Crippen molar-refractivity contribution < 1.29 is 32.3 Å². The quantitative estimate of drug-likeness (QED) is 0.562. The molecule has 2 aliphatic rings. The average molecular weight is 495 g/mol. The van der Waals surface area contributed by atoms with E-state index in [0.717, 1.165) is 29.2 Å². The van der Waals surface area contributed by atoms with Crippen LogP contribution in [-0.2, 0) is 11.0 Å². The van der Waals surface area contributed by atoms with Crippen molar-refractivity contribution in [1.82, 2.24) is 10.2 Å². The molecule has 7 nitrogen and oxygen atoms in total. The van der Waals surface area contributed by atoms with E-state index < -0.39 is 41.7 Å². The molecule has 0 spiro atoms. The number of urea groups is 1. The van der Waals surface area contributed by atoms with Gasteiger partial charge in [0.2, 0.25) is 0 Å². The summed E-state index contributed by atoms with van der Waals surface area (Å²) >= 11 is 0. The van der Waals surface area contributed by atoms with Crippen molar-refractivity contribution in [3.05, 3.63) is 90.0 Å². The molecule has 4 amide bonds. The zero-order chi connectivity index (χ0) is 25.4. The number of anilines is 1. The molecule has 2 unspecified atom stereocenters. The Morgan fingerprint density at radius 3 is 2.17 bits per heavy atom. The summed E-state index contributed by atoms with van der Waals surface area (Å²) in [5, 5.41) is 2.77. The molecule has 2 saturated heterocycles. The van der Waals surface area contributed by atoms with Gasteiger partial charge in [0.25, 0.3) is 11.8 Å². The minimum Gasteiger partial charge on any atom is -0.457 e. The summed E-state index contributed by atoms with van der Waals surface area (Å²) in [6.07, 6.45) is -4.17. The number of ether oxygens (including phenoxy) is 1. The first kappa shape index (κ1) is 23.4. The topological polar surface area (TPSA) is 79.0 Å². The van der Waals surface area contributed by atoms with Crippen molar-refractivity contribution in [2.75, 3.05) is 11.4 Å². The molecule has 0 radical (unpaired) electrons. The van der Waals surface area contributed by atoms with E-state index in [1.807, 2.05) is 18.2 Å².